The highest BCUT2D eigenvalue weighted by atomic mass is 35.5. The standard InChI is InChI=1S/C14H10Cl2N4S/c15-10-3-8(4-11(16)6-10)7-18-14(17)9-1-2-12-13(5-9)20-21-19-12/h1-6H,7H2,(H2,17,18). The molecule has 106 valence electrons. The number of aliphatic imine (C=N–C) groups is 1. The van der Waals surface area contributed by atoms with E-state index in [1.807, 2.05) is 30.3 Å². The van der Waals surface area contributed by atoms with Crippen LogP contribution in [-0.2, 0) is 6.54 Å². The van der Waals surface area contributed by atoms with Crippen LogP contribution in [0.5, 0.6) is 0 Å². The number of hydrogen-bond donors (Lipinski definition) is 1. The first-order valence-corrected chi connectivity index (χ1v) is 7.58. The Hall–Kier alpha value is -1.69. The summed E-state index contributed by atoms with van der Waals surface area (Å²) in [5.74, 6) is 0.445. The van der Waals surface area contributed by atoms with Gasteiger partial charge in [-0.15, -0.1) is 0 Å². The number of rotatable bonds is 3. The highest BCUT2D eigenvalue weighted by molar-refractivity contribution is 7.00. The van der Waals surface area contributed by atoms with Gasteiger partial charge in [0, 0.05) is 15.6 Å². The van der Waals surface area contributed by atoms with Crippen LogP contribution >= 0.6 is 34.9 Å². The van der Waals surface area contributed by atoms with Crippen LogP contribution in [0.25, 0.3) is 11.0 Å². The van der Waals surface area contributed by atoms with Crippen LogP contribution in [0.15, 0.2) is 41.4 Å². The van der Waals surface area contributed by atoms with Crippen LogP contribution in [-0.4, -0.2) is 14.6 Å². The Kier molecular flexibility index (Phi) is 4.05. The average molecular weight is 337 g/mol. The number of nitrogens with zero attached hydrogens (tertiary/aromatic N) is 3. The Morgan fingerprint density at radius 2 is 1.76 bits per heavy atom. The van der Waals surface area contributed by atoms with Crippen molar-refractivity contribution in [1.29, 1.82) is 0 Å². The quantitative estimate of drug-likeness (QED) is 0.582. The molecule has 0 saturated carbocycles. The van der Waals surface area contributed by atoms with Gasteiger partial charge in [-0.3, -0.25) is 4.99 Å². The van der Waals surface area contributed by atoms with E-state index in [-0.39, 0.29) is 0 Å². The van der Waals surface area contributed by atoms with Gasteiger partial charge in [0.1, 0.15) is 16.9 Å². The van der Waals surface area contributed by atoms with Gasteiger partial charge >= 0.3 is 0 Å². The second-order valence-corrected chi connectivity index (χ2v) is 5.85. The lowest BCUT2D eigenvalue weighted by Crippen LogP contribution is -2.13. The van der Waals surface area contributed by atoms with E-state index in [2.05, 4.69) is 13.7 Å². The smallest absolute Gasteiger partial charge is 0.126 e. The molecule has 0 aliphatic heterocycles. The van der Waals surface area contributed by atoms with Crippen molar-refractivity contribution in [2.45, 2.75) is 6.54 Å². The lowest BCUT2D eigenvalue weighted by Gasteiger charge is -2.03. The van der Waals surface area contributed by atoms with Crippen molar-refractivity contribution in [2.24, 2.45) is 10.7 Å². The molecule has 7 heteroatoms. The Balaban J connectivity index is 1.84. The molecule has 0 amide bonds. The van der Waals surface area contributed by atoms with Crippen molar-refractivity contribution in [3.63, 3.8) is 0 Å². The SMILES string of the molecule is NC(=NCc1cc(Cl)cc(Cl)c1)c1ccc2nsnc2c1. The summed E-state index contributed by atoms with van der Waals surface area (Å²) >= 11 is 13.1. The fraction of sp³-hybridized carbons (Fsp3) is 0.0714. The molecule has 0 saturated heterocycles. The van der Waals surface area contributed by atoms with Crippen LogP contribution in [0.4, 0.5) is 0 Å². The molecule has 0 bridgehead atoms. The molecule has 1 aromatic heterocycles. The van der Waals surface area contributed by atoms with Gasteiger partial charge < -0.3 is 5.73 Å². The van der Waals surface area contributed by atoms with Gasteiger partial charge in [0.15, 0.2) is 0 Å². The zero-order chi connectivity index (χ0) is 14.8. The molecule has 2 aromatic carbocycles. The molecule has 3 rings (SSSR count). The van der Waals surface area contributed by atoms with E-state index >= 15 is 0 Å². The van der Waals surface area contributed by atoms with E-state index < -0.39 is 0 Å². The van der Waals surface area contributed by atoms with Gasteiger partial charge in [-0.25, -0.2) is 0 Å². The number of hydrogen-bond acceptors (Lipinski definition) is 4. The zero-order valence-electron chi connectivity index (χ0n) is 10.8. The lowest BCUT2D eigenvalue weighted by molar-refractivity contribution is 1.06. The van der Waals surface area contributed by atoms with E-state index in [0.29, 0.717) is 22.4 Å². The molecule has 21 heavy (non-hydrogen) atoms. The maximum atomic E-state index is 6.02. The van der Waals surface area contributed by atoms with Gasteiger partial charge in [-0.05, 0) is 42.0 Å². The predicted molar refractivity (Wildman–Crippen MR) is 88.3 cm³/mol. The van der Waals surface area contributed by atoms with Gasteiger partial charge in [-0.1, -0.05) is 23.2 Å². The Bertz CT molecular complexity index is 808. The number of amidine groups is 1. The number of fused-ring (bicyclic) bond motifs is 1. The van der Waals surface area contributed by atoms with Crippen LogP contribution < -0.4 is 5.73 Å². The van der Waals surface area contributed by atoms with Crippen LogP contribution in [0.1, 0.15) is 11.1 Å². The van der Waals surface area contributed by atoms with Gasteiger partial charge in [-0.2, -0.15) is 8.75 Å². The third-order valence-electron chi connectivity index (χ3n) is 2.90. The van der Waals surface area contributed by atoms with Crippen molar-refractivity contribution in [3.05, 3.63) is 57.6 Å². The molecule has 3 aromatic rings. The number of benzene rings is 2. The first-order valence-electron chi connectivity index (χ1n) is 6.09. The van der Waals surface area contributed by atoms with E-state index in [1.54, 1.807) is 6.07 Å². The molecular weight excluding hydrogens is 327 g/mol. The zero-order valence-corrected chi connectivity index (χ0v) is 13.1. The topological polar surface area (TPSA) is 64.2 Å². The largest absolute Gasteiger partial charge is 0.383 e. The first-order chi connectivity index (χ1) is 10.1. The predicted octanol–water partition coefficient (Wildman–Crippen LogP) is 3.90. The molecule has 0 unspecified atom stereocenters. The number of halogens is 2. The maximum absolute atomic E-state index is 6.02. The van der Waals surface area contributed by atoms with E-state index in [1.165, 1.54) is 11.7 Å². The fourth-order valence-corrected chi connectivity index (χ4v) is 3.00. The highest BCUT2D eigenvalue weighted by Crippen LogP contribution is 2.20. The number of nitrogens with two attached hydrogens (primary N) is 1. The maximum Gasteiger partial charge on any atom is 0.126 e. The third kappa shape index (κ3) is 3.32. The van der Waals surface area contributed by atoms with Crippen LogP contribution in [0.3, 0.4) is 0 Å². The normalized spacial score (nSPS) is 12.0. The fourth-order valence-electron chi connectivity index (χ4n) is 1.91. The molecule has 4 nitrogen and oxygen atoms in total. The molecule has 0 atom stereocenters. The third-order valence-corrected chi connectivity index (χ3v) is 3.90. The minimum absolute atomic E-state index is 0.416. The van der Waals surface area contributed by atoms with Crippen LogP contribution in [0.2, 0.25) is 10.0 Å². The first kappa shape index (κ1) is 14.3. The molecule has 2 N–H and O–H groups in total. The molecule has 0 radical (unpaired) electrons. The summed E-state index contributed by atoms with van der Waals surface area (Å²) in [7, 11) is 0. The second kappa shape index (κ2) is 5.97. The Morgan fingerprint density at radius 3 is 2.52 bits per heavy atom. The Morgan fingerprint density at radius 1 is 1.05 bits per heavy atom. The summed E-state index contributed by atoms with van der Waals surface area (Å²) in [6.07, 6.45) is 0. The van der Waals surface area contributed by atoms with E-state index in [4.69, 9.17) is 28.9 Å². The highest BCUT2D eigenvalue weighted by Gasteiger charge is 2.04. The van der Waals surface area contributed by atoms with Crippen LogP contribution in [0, 0.1) is 0 Å². The molecule has 0 aliphatic rings. The minimum Gasteiger partial charge on any atom is -0.383 e. The van der Waals surface area contributed by atoms with Crippen molar-refractivity contribution >= 4 is 51.8 Å². The summed E-state index contributed by atoms with van der Waals surface area (Å²) in [4.78, 5) is 4.37. The van der Waals surface area contributed by atoms with Crippen molar-refractivity contribution in [2.75, 3.05) is 0 Å². The van der Waals surface area contributed by atoms with Gasteiger partial charge in [0.25, 0.3) is 0 Å². The lowest BCUT2D eigenvalue weighted by atomic mass is 10.2. The summed E-state index contributed by atoms with van der Waals surface area (Å²) in [5.41, 5.74) is 9.43. The monoisotopic (exact) mass is 336 g/mol. The summed E-state index contributed by atoms with van der Waals surface area (Å²) in [6.45, 7) is 0.416. The average Bonchev–Trinajstić information content (AvgIpc) is 2.91. The Labute approximate surface area is 135 Å². The summed E-state index contributed by atoms with van der Waals surface area (Å²) in [6, 6.07) is 11.0. The van der Waals surface area contributed by atoms with Gasteiger partial charge in [0.05, 0.1) is 18.3 Å². The van der Waals surface area contributed by atoms with E-state index in [0.717, 1.165) is 22.2 Å². The minimum atomic E-state index is 0.416. The summed E-state index contributed by atoms with van der Waals surface area (Å²) in [5, 5.41) is 1.17. The van der Waals surface area contributed by atoms with Crippen molar-refractivity contribution in [3.8, 4) is 0 Å². The van der Waals surface area contributed by atoms with Gasteiger partial charge in [0.2, 0.25) is 0 Å². The number of aromatic nitrogens is 2. The summed E-state index contributed by atoms with van der Waals surface area (Å²) < 4.78 is 8.34. The van der Waals surface area contributed by atoms with Crippen molar-refractivity contribution in [1.82, 2.24) is 8.75 Å². The van der Waals surface area contributed by atoms with E-state index in [9.17, 15) is 0 Å². The van der Waals surface area contributed by atoms with Crippen molar-refractivity contribution < 1.29 is 0 Å². The second-order valence-electron chi connectivity index (χ2n) is 4.45. The molecule has 0 spiro atoms. The molecular formula is C14H10Cl2N4S. The molecule has 0 aliphatic carbocycles. The molecule has 1 heterocycles. The molecule has 0 fully saturated rings.